The number of carbonyl (C=O) groups is 1. The van der Waals surface area contributed by atoms with Crippen molar-refractivity contribution in [1.29, 1.82) is 0 Å². The summed E-state index contributed by atoms with van der Waals surface area (Å²) in [6.07, 6.45) is 0.692. The van der Waals surface area contributed by atoms with Crippen molar-refractivity contribution in [2.24, 2.45) is 0 Å². The largest absolute Gasteiger partial charge is 0.453 e. The van der Waals surface area contributed by atoms with Gasteiger partial charge in [-0.1, -0.05) is 0 Å². The van der Waals surface area contributed by atoms with Gasteiger partial charge in [-0.2, -0.15) is 0 Å². The monoisotopic (exact) mass is 252 g/mol. The number of hydrogen-bond donors (Lipinski definition) is 0. The minimum Gasteiger partial charge on any atom is -0.453 e. The smallest absolute Gasteiger partial charge is 0.185 e. The quantitative estimate of drug-likeness (QED) is 0.656. The van der Waals surface area contributed by atoms with Crippen LogP contribution < -0.4 is 0 Å². The van der Waals surface area contributed by atoms with Gasteiger partial charge < -0.3 is 4.42 Å². The zero-order valence-corrected chi connectivity index (χ0v) is 10.7. The molecule has 1 aromatic carbocycles. The number of rotatable bonds is 2. The predicted octanol–water partition coefficient (Wildman–Crippen LogP) is 3.32. The Morgan fingerprint density at radius 2 is 1.74 bits per heavy atom. The van der Waals surface area contributed by atoms with Gasteiger partial charge in [-0.3, -0.25) is 4.79 Å². The van der Waals surface area contributed by atoms with Crippen LogP contribution in [0.15, 0.2) is 34.7 Å². The van der Waals surface area contributed by atoms with Crippen molar-refractivity contribution >= 4 is 17.3 Å². The zero-order chi connectivity index (χ0) is 13.4. The number of aromatic nitrogens is 2. The molecule has 0 aliphatic heterocycles. The van der Waals surface area contributed by atoms with Gasteiger partial charge in [-0.25, -0.2) is 9.97 Å². The van der Waals surface area contributed by atoms with Crippen LogP contribution in [0.4, 0.5) is 0 Å². The molecule has 0 aliphatic rings. The lowest BCUT2D eigenvalue weighted by Crippen LogP contribution is -1.93. The first-order chi connectivity index (χ1) is 9.17. The van der Waals surface area contributed by atoms with Gasteiger partial charge in [0.1, 0.15) is 5.76 Å². The summed E-state index contributed by atoms with van der Waals surface area (Å²) >= 11 is 0. The third-order valence-corrected chi connectivity index (χ3v) is 3.10. The van der Waals surface area contributed by atoms with E-state index in [1.165, 1.54) is 0 Å². The summed E-state index contributed by atoms with van der Waals surface area (Å²) < 4.78 is 5.41. The molecule has 4 heteroatoms. The zero-order valence-electron chi connectivity index (χ0n) is 10.7. The minimum absolute atomic E-state index is 0.321. The summed E-state index contributed by atoms with van der Waals surface area (Å²) in [5, 5.41) is 0. The first-order valence-corrected chi connectivity index (χ1v) is 5.98. The van der Waals surface area contributed by atoms with E-state index >= 15 is 0 Å². The first kappa shape index (κ1) is 11.6. The van der Waals surface area contributed by atoms with Gasteiger partial charge in [0, 0.05) is 5.56 Å². The summed E-state index contributed by atoms with van der Waals surface area (Å²) in [6, 6.07) is 9.17. The van der Waals surface area contributed by atoms with Gasteiger partial charge in [0.25, 0.3) is 0 Å². The summed E-state index contributed by atoms with van der Waals surface area (Å²) in [5.41, 5.74) is 4.41. The maximum absolute atomic E-state index is 10.6. The summed E-state index contributed by atoms with van der Waals surface area (Å²) in [4.78, 5) is 19.6. The van der Waals surface area contributed by atoms with Crippen molar-refractivity contribution in [2.45, 2.75) is 13.8 Å². The molecule has 0 N–H and O–H groups in total. The Bertz CT molecular complexity index is 775. The molecule has 0 amide bonds. The average molecular weight is 252 g/mol. The SMILES string of the molecule is Cc1nc2ccc(-c3ccc(C=O)o3)cc2nc1C. The molecular formula is C15H12N2O2. The maximum Gasteiger partial charge on any atom is 0.185 e. The van der Waals surface area contributed by atoms with E-state index in [0.29, 0.717) is 17.8 Å². The molecule has 2 heterocycles. The second-order valence-electron chi connectivity index (χ2n) is 4.42. The van der Waals surface area contributed by atoms with E-state index < -0.39 is 0 Å². The van der Waals surface area contributed by atoms with Crippen molar-refractivity contribution in [3.63, 3.8) is 0 Å². The average Bonchev–Trinajstić information content (AvgIpc) is 2.88. The van der Waals surface area contributed by atoms with Crippen molar-refractivity contribution in [1.82, 2.24) is 9.97 Å². The molecule has 0 unspecified atom stereocenters. The van der Waals surface area contributed by atoms with Gasteiger partial charge in [-0.05, 0) is 44.2 Å². The van der Waals surface area contributed by atoms with Crippen LogP contribution in [0.25, 0.3) is 22.4 Å². The predicted molar refractivity (Wildman–Crippen MR) is 72.1 cm³/mol. The lowest BCUT2D eigenvalue weighted by molar-refractivity contribution is 0.110. The molecule has 3 aromatic rings. The van der Waals surface area contributed by atoms with Crippen LogP contribution >= 0.6 is 0 Å². The van der Waals surface area contributed by atoms with Gasteiger partial charge >= 0.3 is 0 Å². The van der Waals surface area contributed by atoms with Crippen molar-refractivity contribution < 1.29 is 9.21 Å². The topological polar surface area (TPSA) is 56.0 Å². The molecule has 0 atom stereocenters. The normalized spacial score (nSPS) is 10.8. The lowest BCUT2D eigenvalue weighted by Gasteiger charge is -2.03. The highest BCUT2D eigenvalue weighted by molar-refractivity contribution is 5.81. The molecule has 2 aromatic heterocycles. The third kappa shape index (κ3) is 2.01. The molecule has 4 nitrogen and oxygen atoms in total. The molecule has 0 spiro atoms. The van der Waals surface area contributed by atoms with Gasteiger partial charge in [-0.15, -0.1) is 0 Å². The Morgan fingerprint density at radius 1 is 1.00 bits per heavy atom. The Hall–Kier alpha value is -2.49. The molecule has 0 saturated carbocycles. The van der Waals surface area contributed by atoms with Crippen LogP contribution in [0.3, 0.4) is 0 Å². The van der Waals surface area contributed by atoms with E-state index in [-0.39, 0.29) is 0 Å². The fourth-order valence-electron chi connectivity index (χ4n) is 1.96. The Labute approximate surface area is 110 Å². The number of carbonyl (C=O) groups excluding carboxylic acids is 1. The number of fused-ring (bicyclic) bond motifs is 1. The van der Waals surface area contributed by atoms with Crippen LogP contribution in [0.1, 0.15) is 21.9 Å². The lowest BCUT2D eigenvalue weighted by atomic mass is 10.1. The minimum atomic E-state index is 0.321. The molecule has 3 rings (SSSR count). The standard InChI is InChI=1S/C15H12N2O2/c1-9-10(2)17-14-7-11(3-5-13(14)16-9)15-6-4-12(8-18)19-15/h3-8H,1-2H3. The van der Waals surface area contributed by atoms with E-state index in [1.807, 2.05) is 32.0 Å². The molecule has 0 radical (unpaired) electrons. The molecule has 0 fully saturated rings. The molecule has 94 valence electrons. The van der Waals surface area contributed by atoms with Crippen LogP contribution in [0, 0.1) is 13.8 Å². The molecule has 0 aliphatic carbocycles. The summed E-state index contributed by atoms with van der Waals surface area (Å²) in [5.74, 6) is 0.977. The second-order valence-corrected chi connectivity index (χ2v) is 4.42. The Balaban J connectivity index is 2.15. The van der Waals surface area contributed by atoms with Crippen LogP contribution in [0.5, 0.6) is 0 Å². The van der Waals surface area contributed by atoms with Gasteiger partial charge in [0.05, 0.1) is 22.4 Å². The van der Waals surface area contributed by atoms with Crippen LogP contribution in [-0.4, -0.2) is 16.3 Å². The highest BCUT2D eigenvalue weighted by atomic mass is 16.3. The van der Waals surface area contributed by atoms with Crippen LogP contribution in [0.2, 0.25) is 0 Å². The second kappa shape index (κ2) is 4.31. The third-order valence-electron chi connectivity index (χ3n) is 3.10. The van der Waals surface area contributed by atoms with E-state index in [0.717, 1.165) is 28.0 Å². The highest BCUT2D eigenvalue weighted by Gasteiger charge is 2.07. The van der Waals surface area contributed by atoms with Crippen molar-refractivity contribution in [3.05, 3.63) is 47.5 Å². The number of furan rings is 1. The highest BCUT2D eigenvalue weighted by Crippen LogP contribution is 2.24. The number of aryl methyl sites for hydroxylation is 2. The molecular weight excluding hydrogens is 240 g/mol. The summed E-state index contributed by atoms with van der Waals surface area (Å²) in [7, 11) is 0. The van der Waals surface area contributed by atoms with E-state index in [1.54, 1.807) is 12.1 Å². The van der Waals surface area contributed by atoms with Crippen LogP contribution in [-0.2, 0) is 0 Å². The maximum atomic E-state index is 10.6. The van der Waals surface area contributed by atoms with E-state index in [4.69, 9.17) is 4.42 Å². The first-order valence-electron chi connectivity index (χ1n) is 5.98. The van der Waals surface area contributed by atoms with Crippen molar-refractivity contribution in [3.8, 4) is 11.3 Å². The fraction of sp³-hybridized carbons (Fsp3) is 0.133. The Kier molecular flexibility index (Phi) is 2.63. The fourth-order valence-corrected chi connectivity index (χ4v) is 1.96. The number of hydrogen-bond acceptors (Lipinski definition) is 4. The van der Waals surface area contributed by atoms with E-state index in [9.17, 15) is 4.79 Å². The van der Waals surface area contributed by atoms with Gasteiger partial charge in [0.15, 0.2) is 12.0 Å². The molecule has 19 heavy (non-hydrogen) atoms. The summed E-state index contributed by atoms with van der Waals surface area (Å²) in [6.45, 7) is 3.88. The Morgan fingerprint density at radius 3 is 2.42 bits per heavy atom. The number of nitrogens with zero attached hydrogens (tertiary/aromatic N) is 2. The van der Waals surface area contributed by atoms with Gasteiger partial charge in [0.2, 0.25) is 0 Å². The molecule has 0 bridgehead atoms. The molecule has 0 saturated heterocycles. The number of benzene rings is 1. The van der Waals surface area contributed by atoms with Crippen molar-refractivity contribution in [2.75, 3.05) is 0 Å². The van der Waals surface area contributed by atoms with E-state index in [2.05, 4.69) is 9.97 Å². The number of aldehydes is 1.